The zero-order valence-corrected chi connectivity index (χ0v) is 10.2. The molecular formula is C11H21NO2S. The first-order valence-corrected chi connectivity index (χ1v) is 6.37. The van der Waals surface area contributed by atoms with E-state index in [1.165, 1.54) is 12.8 Å². The molecule has 1 rings (SSSR count). The maximum Gasteiger partial charge on any atom is 0.324 e. The molecule has 3 nitrogen and oxygen atoms in total. The van der Waals surface area contributed by atoms with E-state index in [0.717, 1.165) is 19.3 Å². The van der Waals surface area contributed by atoms with E-state index in [9.17, 15) is 4.79 Å². The zero-order chi connectivity index (χ0) is 11.3. The van der Waals surface area contributed by atoms with E-state index in [1.54, 1.807) is 0 Å². The third-order valence-corrected chi connectivity index (χ3v) is 3.49. The largest absolute Gasteiger partial charge is 0.461 e. The molecule has 4 heteroatoms. The number of ether oxygens (including phenoxy) is 1. The predicted molar refractivity (Wildman–Crippen MR) is 64.0 cm³/mol. The highest BCUT2D eigenvalue weighted by molar-refractivity contribution is 7.80. The molecule has 2 N–H and O–H groups in total. The Morgan fingerprint density at radius 2 is 2.33 bits per heavy atom. The molecule has 0 aromatic heterocycles. The lowest BCUT2D eigenvalue weighted by Gasteiger charge is -2.28. The van der Waals surface area contributed by atoms with Gasteiger partial charge in [0.05, 0.1) is 0 Å². The quantitative estimate of drug-likeness (QED) is 0.572. The maximum atomic E-state index is 11.4. The van der Waals surface area contributed by atoms with Crippen LogP contribution in [0.1, 0.15) is 39.0 Å². The summed E-state index contributed by atoms with van der Waals surface area (Å²) in [5, 5.41) is 0. The zero-order valence-electron chi connectivity index (χ0n) is 9.32. The molecule has 0 heterocycles. The van der Waals surface area contributed by atoms with Crippen LogP contribution in [-0.2, 0) is 9.53 Å². The summed E-state index contributed by atoms with van der Waals surface area (Å²) in [5.74, 6) is 0.762. The molecule has 15 heavy (non-hydrogen) atoms. The van der Waals surface area contributed by atoms with E-state index >= 15 is 0 Å². The highest BCUT2D eigenvalue weighted by atomic mass is 32.1. The van der Waals surface area contributed by atoms with Crippen LogP contribution in [0.25, 0.3) is 0 Å². The standard InChI is InChI=1S/C11H21NO2S/c1-2-8-4-3-5-9(6-8)14-11(13)10(12)7-15/h8-10,15H,2-7,12H2,1H3. The summed E-state index contributed by atoms with van der Waals surface area (Å²) < 4.78 is 5.36. The van der Waals surface area contributed by atoms with Crippen molar-refractivity contribution in [3.8, 4) is 0 Å². The van der Waals surface area contributed by atoms with E-state index in [-0.39, 0.29) is 12.1 Å². The van der Waals surface area contributed by atoms with E-state index < -0.39 is 6.04 Å². The Morgan fingerprint density at radius 1 is 1.60 bits per heavy atom. The lowest BCUT2D eigenvalue weighted by atomic mass is 9.85. The summed E-state index contributed by atoms with van der Waals surface area (Å²) in [5.41, 5.74) is 5.55. The van der Waals surface area contributed by atoms with E-state index in [4.69, 9.17) is 10.5 Å². The topological polar surface area (TPSA) is 52.3 Å². The number of hydrogen-bond acceptors (Lipinski definition) is 4. The van der Waals surface area contributed by atoms with Crippen molar-refractivity contribution < 1.29 is 9.53 Å². The Bertz CT molecular complexity index is 211. The molecule has 3 unspecified atom stereocenters. The lowest BCUT2D eigenvalue weighted by molar-refractivity contribution is -0.152. The monoisotopic (exact) mass is 231 g/mol. The molecule has 1 saturated carbocycles. The first-order valence-electron chi connectivity index (χ1n) is 5.74. The van der Waals surface area contributed by atoms with Crippen LogP contribution in [0.3, 0.4) is 0 Å². The Morgan fingerprint density at radius 3 is 2.93 bits per heavy atom. The van der Waals surface area contributed by atoms with Crippen LogP contribution in [0, 0.1) is 5.92 Å². The summed E-state index contributed by atoms with van der Waals surface area (Å²) >= 11 is 3.98. The Hall–Kier alpha value is -0.220. The molecule has 0 radical (unpaired) electrons. The van der Waals surface area contributed by atoms with Gasteiger partial charge in [0.25, 0.3) is 0 Å². The molecule has 0 aromatic rings. The van der Waals surface area contributed by atoms with Gasteiger partial charge in [-0.25, -0.2) is 0 Å². The highest BCUT2D eigenvalue weighted by Crippen LogP contribution is 2.28. The first kappa shape index (κ1) is 12.8. The average molecular weight is 231 g/mol. The van der Waals surface area contributed by atoms with Crippen LogP contribution < -0.4 is 5.73 Å². The minimum Gasteiger partial charge on any atom is -0.461 e. The second-order valence-corrected chi connectivity index (χ2v) is 4.65. The van der Waals surface area contributed by atoms with E-state index in [0.29, 0.717) is 11.7 Å². The normalized spacial score (nSPS) is 28.5. The van der Waals surface area contributed by atoms with Crippen molar-refractivity contribution in [1.29, 1.82) is 0 Å². The molecule has 0 aromatic carbocycles. The number of hydrogen-bond donors (Lipinski definition) is 2. The summed E-state index contributed by atoms with van der Waals surface area (Å²) in [7, 11) is 0. The fraction of sp³-hybridized carbons (Fsp3) is 0.909. The molecule has 1 fully saturated rings. The highest BCUT2D eigenvalue weighted by Gasteiger charge is 2.25. The van der Waals surface area contributed by atoms with Crippen LogP contribution in [0.15, 0.2) is 0 Å². The summed E-state index contributed by atoms with van der Waals surface area (Å²) in [4.78, 5) is 11.4. The van der Waals surface area contributed by atoms with Crippen molar-refractivity contribution in [1.82, 2.24) is 0 Å². The van der Waals surface area contributed by atoms with Gasteiger partial charge in [-0.1, -0.05) is 19.8 Å². The maximum absolute atomic E-state index is 11.4. The molecule has 3 atom stereocenters. The molecule has 0 saturated heterocycles. The molecule has 0 aliphatic heterocycles. The van der Waals surface area contributed by atoms with E-state index in [2.05, 4.69) is 19.6 Å². The smallest absolute Gasteiger partial charge is 0.324 e. The van der Waals surface area contributed by atoms with Crippen molar-refractivity contribution in [2.75, 3.05) is 5.75 Å². The molecule has 0 spiro atoms. The Kier molecular flexibility index (Phi) is 5.47. The van der Waals surface area contributed by atoms with E-state index in [1.807, 2.05) is 0 Å². The molecule has 0 bridgehead atoms. The van der Waals surface area contributed by atoms with Crippen LogP contribution in [0.2, 0.25) is 0 Å². The third-order valence-electron chi connectivity index (χ3n) is 3.09. The van der Waals surface area contributed by atoms with Crippen LogP contribution in [-0.4, -0.2) is 23.9 Å². The van der Waals surface area contributed by atoms with Crippen molar-refractivity contribution in [3.63, 3.8) is 0 Å². The number of rotatable bonds is 4. The Balaban J connectivity index is 2.34. The minimum absolute atomic E-state index is 0.0853. The van der Waals surface area contributed by atoms with Gasteiger partial charge in [0, 0.05) is 5.75 Å². The molecular weight excluding hydrogens is 210 g/mol. The molecule has 1 aliphatic rings. The number of carbonyl (C=O) groups excluding carboxylic acids is 1. The van der Waals surface area contributed by atoms with Gasteiger partial charge in [0.1, 0.15) is 12.1 Å². The van der Waals surface area contributed by atoms with Crippen molar-refractivity contribution in [2.24, 2.45) is 11.7 Å². The van der Waals surface area contributed by atoms with Crippen LogP contribution in [0.4, 0.5) is 0 Å². The second-order valence-electron chi connectivity index (χ2n) is 4.29. The fourth-order valence-corrected chi connectivity index (χ4v) is 2.19. The number of carbonyl (C=O) groups is 1. The van der Waals surface area contributed by atoms with Crippen molar-refractivity contribution >= 4 is 18.6 Å². The number of nitrogens with two attached hydrogens (primary N) is 1. The molecule has 88 valence electrons. The predicted octanol–water partition coefficient (Wildman–Crippen LogP) is 1.76. The van der Waals surface area contributed by atoms with Gasteiger partial charge in [-0.05, 0) is 25.2 Å². The SMILES string of the molecule is CCC1CCCC(OC(=O)C(N)CS)C1. The van der Waals surface area contributed by atoms with Gasteiger partial charge in [-0.3, -0.25) is 4.79 Å². The van der Waals surface area contributed by atoms with Crippen LogP contribution >= 0.6 is 12.6 Å². The van der Waals surface area contributed by atoms with Gasteiger partial charge >= 0.3 is 5.97 Å². The van der Waals surface area contributed by atoms with Gasteiger partial charge in [-0.2, -0.15) is 12.6 Å². The van der Waals surface area contributed by atoms with Gasteiger partial charge in [0.2, 0.25) is 0 Å². The third kappa shape index (κ3) is 4.03. The second kappa shape index (κ2) is 6.38. The molecule has 0 amide bonds. The first-order chi connectivity index (χ1) is 7.17. The van der Waals surface area contributed by atoms with Crippen molar-refractivity contribution in [3.05, 3.63) is 0 Å². The average Bonchev–Trinajstić information content (AvgIpc) is 2.28. The number of esters is 1. The van der Waals surface area contributed by atoms with Gasteiger partial charge in [-0.15, -0.1) is 0 Å². The number of thiol groups is 1. The van der Waals surface area contributed by atoms with Crippen molar-refractivity contribution in [2.45, 2.75) is 51.2 Å². The fourth-order valence-electron chi connectivity index (χ4n) is 2.05. The van der Waals surface area contributed by atoms with Crippen LogP contribution in [0.5, 0.6) is 0 Å². The summed E-state index contributed by atoms with van der Waals surface area (Å²) in [6, 6.07) is -0.574. The minimum atomic E-state index is -0.574. The Labute approximate surface area is 97.2 Å². The summed E-state index contributed by atoms with van der Waals surface area (Å²) in [6.07, 6.45) is 5.67. The lowest BCUT2D eigenvalue weighted by Crippen LogP contribution is -2.37. The van der Waals surface area contributed by atoms with Gasteiger partial charge in [0.15, 0.2) is 0 Å². The van der Waals surface area contributed by atoms with Gasteiger partial charge < -0.3 is 10.5 Å². The summed E-state index contributed by atoms with van der Waals surface area (Å²) in [6.45, 7) is 2.19. The molecule has 1 aliphatic carbocycles.